The number of rotatable bonds is 14. The molecular formula is C48H50N4O2. The Morgan fingerprint density at radius 2 is 1.15 bits per heavy atom. The van der Waals surface area contributed by atoms with Gasteiger partial charge in [-0.25, -0.2) is 9.97 Å². The van der Waals surface area contributed by atoms with E-state index in [1.807, 2.05) is 0 Å². The highest BCUT2D eigenvalue weighted by Crippen LogP contribution is 2.50. The molecule has 3 heterocycles. The average Bonchev–Trinajstić information content (AvgIpc) is 3.60. The van der Waals surface area contributed by atoms with Crippen LogP contribution in [0.25, 0.3) is 76.7 Å². The van der Waals surface area contributed by atoms with Gasteiger partial charge in [0.2, 0.25) is 0 Å². The summed E-state index contributed by atoms with van der Waals surface area (Å²) in [6.07, 6.45) is 9.40. The first kappa shape index (κ1) is 34.4. The summed E-state index contributed by atoms with van der Waals surface area (Å²) in [5.41, 5.74) is 9.76. The predicted octanol–water partition coefficient (Wildman–Crippen LogP) is 13.6. The maximum Gasteiger partial charge on any atom is 0.163 e. The fourth-order valence-electron chi connectivity index (χ4n) is 8.50. The molecule has 0 saturated heterocycles. The van der Waals surface area contributed by atoms with Gasteiger partial charge in [-0.15, -0.1) is 0 Å². The van der Waals surface area contributed by atoms with E-state index in [-0.39, 0.29) is 0 Å². The van der Waals surface area contributed by atoms with Gasteiger partial charge in [0.25, 0.3) is 0 Å². The number of unbranched alkanes of at least 4 members (excludes halogenated alkanes) is 4. The lowest BCUT2D eigenvalue weighted by molar-refractivity contribution is 0.487. The van der Waals surface area contributed by atoms with E-state index in [4.69, 9.17) is 19.1 Å². The number of ether oxygens (including phenoxy) is 1. The lowest BCUT2D eigenvalue weighted by Gasteiger charge is -2.27. The van der Waals surface area contributed by atoms with Crippen molar-refractivity contribution in [2.75, 3.05) is 36.0 Å². The minimum Gasteiger partial charge on any atom is -0.456 e. The summed E-state index contributed by atoms with van der Waals surface area (Å²) >= 11 is 0. The molecule has 0 saturated carbocycles. The van der Waals surface area contributed by atoms with Crippen molar-refractivity contribution in [3.05, 3.63) is 84.9 Å². The molecule has 8 aromatic rings. The first-order valence-electron chi connectivity index (χ1n) is 20.4. The van der Waals surface area contributed by atoms with Gasteiger partial charge in [-0.1, -0.05) is 89.8 Å². The maximum absolute atomic E-state index is 6.88. The average molecular weight is 715 g/mol. The van der Waals surface area contributed by atoms with E-state index >= 15 is 0 Å². The molecule has 0 spiro atoms. The van der Waals surface area contributed by atoms with E-state index in [0.717, 1.165) is 114 Å². The molecule has 2 aromatic heterocycles. The van der Waals surface area contributed by atoms with Gasteiger partial charge in [-0.2, -0.15) is 0 Å². The zero-order valence-corrected chi connectivity index (χ0v) is 32.2. The smallest absolute Gasteiger partial charge is 0.163 e. The Kier molecular flexibility index (Phi) is 9.22. The Labute approximate surface area is 317 Å². The molecular weight excluding hydrogens is 665 g/mol. The van der Waals surface area contributed by atoms with Gasteiger partial charge in [0.1, 0.15) is 28.1 Å². The molecule has 0 atom stereocenters. The first-order valence-corrected chi connectivity index (χ1v) is 20.4. The zero-order chi connectivity index (χ0) is 36.8. The third-order valence-corrected chi connectivity index (χ3v) is 11.4. The number of hydrogen-bond donors (Lipinski definition) is 0. The van der Waals surface area contributed by atoms with Crippen molar-refractivity contribution in [2.24, 2.45) is 0 Å². The third-order valence-electron chi connectivity index (χ3n) is 11.4. The minimum atomic E-state index is 0.796. The molecule has 6 heteroatoms. The largest absolute Gasteiger partial charge is 0.456 e. The number of anilines is 2. The van der Waals surface area contributed by atoms with Crippen LogP contribution >= 0.6 is 0 Å². The van der Waals surface area contributed by atoms with Crippen molar-refractivity contribution >= 4 is 76.9 Å². The molecule has 274 valence electrons. The van der Waals surface area contributed by atoms with Crippen molar-refractivity contribution in [1.29, 1.82) is 0 Å². The van der Waals surface area contributed by atoms with Gasteiger partial charge in [0.05, 0.1) is 11.0 Å². The molecule has 6 nitrogen and oxygen atoms in total. The first-order chi connectivity index (χ1) is 26.6. The molecule has 1 aliphatic heterocycles. The van der Waals surface area contributed by atoms with Crippen LogP contribution in [0.2, 0.25) is 0 Å². The number of benzene rings is 6. The van der Waals surface area contributed by atoms with Crippen molar-refractivity contribution in [1.82, 2.24) is 9.97 Å². The highest BCUT2D eigenvalue weighted by Gasteiger charge is 2.25. The van der Waals surface area contributed by atoms with E-state index in [9.17, 15) is 0 Å². The molecule has 0 N–H and O–H groups in total. The van der Waals surface area contributed by atoms with E-state index in [0.29, 0.717) is 0 Å². The molecule has 9 rings (SSSR count). The molecule has 0 unspecified atom stereocenters. The van der Waals surface area contributed by atoms with E-state index in [1.54, 1.807) is 0 Å². The quantitative estimate of drug-likeness (QED) is 0.0825. The van der Waals surface area contributed by atoms with Gasteiger partial charge in [0.15, 0.2) is 5.58 Å². The maximum atomic E-state index is 6.88. The van der Waals surface area contributed by atoms with Gasteiger partial charge in [-0.3, -0.25) is 0 Å². The Balaban J connectivity index is 1.24. The van der Waals surface area contributed by atoms with Crippen LogP contribution in [0.15, 0.2) is 89.3 Å². The number of nitrogens with zero attached hydrogens (tertiary/aromatic N) is 4. The Morgan fingerprint density at radius 3 is 1.85 bits per heavy atom. The summed E-state index contributed by atoms with van der Waals surface area (Å²) in [6, 6.07) is 30.7. The normalized spacial score (nSPS) is 12.4. The van der Waals surface area contributed by atoms with Crippen LogP contribution in [-0.2, 0) is 0 Å². The van der Waals surface area contributed by atoms with Crippen LogP contribution < -0.4 is 14.5 Å². The topological polar surface area (TPSA) is 54.6 Å². The van der Waals surface area contributed by atoms with E-state index in [2.05, 4.69) is 122 Å². The summed E-state index contributed by atoms with van der Waals surface area (Å²) in [5, 5.41) is 6.56. The fourth-order valence-corrected chi connectivity index (χ4v) is 8.50. The summed E-state index contributed by atoms with van der Waals surface area (Å²) < 4.78 is 13.6. The summed E-state index contributed by atoms with van der Waals surface area (Å²) in [7, 11) is 0. The monoisotopic (exact) mass is 714 g/mol. The van der Waals surface area contributed by atoms with Gasteiger partial charge < -0.3 is 19.0 Å². The van der Waals surface area contributed by atoms with Gasteiger partial charge >= 0.3 is 0 Å². The highest BCUT2D eigenvalue weighted by atomic mass is 16.5. The van der Waals surface area contributed by atoms with E-state index < -0.39 is 0 Å². The van der Waals surface area contributed by atoms with Crippen LogP contribution in [0.4, 0.5) is 11.4 Å². The van der Waals surface area contributed by atoms with Crippen molar-refractivity contribution < 1.29 is 9.15 Å². The van der Waals surface area contributed by atoms with Gasteiger partial charge in [-0.05, 0) is 73.0 Å². The van der Waals surface area contributed by atoms with Crippen molar-refractivity contribution in [2.45, 2.75) is 79.1 Å². The molecule has 0 fully saturated rings. The number of hydrogen-bond acceptors (Lipinski definition) is 6. The lowest BCUT2D eigenvalue weighted by Crippen LogP contribution is -2.25. The predicted molar refractivity (Wildman–Crippen MR) is 229 cm³/mol. The fraction of sp³-hybridized carbons (Fsp3) is 0.333. The number of aromatic nitrogens is 2. The highest BCUT2D eigenvalue weighted by molar-refractivity contribution is 6.30. The standard InChI is InChI=1S/C48H50N4O2/c1-5-9-24-51(25-10-6-2)31-20-22-33-38-30-39-45(37-18-15-19-40(43(37)38)53-41(33)28-31)50-47-46(49-39)35-17-14-13-16-34(35)44-36-23-21-32(29-42(36)54-48(44)47)52(26-11-7-3)27-12-8-4/h13-23,28-30H,5-12,24-27H2,1-4H3. The third kappa shape index (κ3) is 5.78. The van der Waals surface area contributed by atoms with Crippen molar-refractivity contribution in [3.8, 4) is 22.6 Å². The number of fused-ring (bicyclic) bond motifs is 12. The lowest BCUT2D eigenvalue weighted by atomic mass is 9.93. The summed E-state index contributed by atoms with van der Waals surface area (Å²) in [5.74, 6) is 1.76. The Hall–Kier alpha value is -5.36. The molecule has 0 amide bonds. The molecule has 0 radical (unpaired) electrons. The molecule has 6 aromatic carbocycles. The Morgan fingerprint density at radius 1 is 0.500 bits per heavy atom. The van der Waals surface area contributed by atoms with Crippen molar-refractivity contribution in [3.63, 3.8) is 0 Å². The Bertz CT molecular complexity index is 2660. The molecule has 0 bridgehead atoms. The zero-order valence-electron chi connectivity index (χ0n) is 32.2. The second kappa shape index (κ2) is 14.5. The van der Waals surface area contributed by atoms with Crippen LogP contribution in [0, 0.1) is 0 Å². The summed E-state index contributed by atoms with van der Waals surface area (Å²) in [6.45, 7) is 13.3. The minimum absolute atomic E-state index is 0.796. The van der Waals surface area contributed by atoms with Crippen LogP contribution in [0.5, 0.6) is 11.5 Å². The molecule has 54 heavy (non-hydrogen) atoms. The second-order valence-electron chi connectivity index (χ2n) is 15.1. The van der Waals surface area contributed by atoms with Crippen LogP contribution in [0.3, 0.4) is 0 Å². The SMILES string of the molecule is CCCCN(CCCC)c1ccc2c(c1)Oc1cccc3c1c-2cc1nc2c4ccccc4c4c5ccc(N(CCCC)CCCC)cc5oc4c2nc13. The molecule has 0 aliphatic carbocycles. The number of furan rings is 1. The summed E-state index contributed by atoms with van der Waals surface area (Å²) in [4.78, 5) is 16.0. The van der Waals surface area contributed by atoms with E-state index in [1.165, 1.54) is 62.7 Å². The van der Waals surface area contributed by atoms with Gasteiger partial charge in [0, 0.05) is 82.2 Å². The molecule has 1 aliphatic rings. The van der Waals surface area contributed by atoms with Crippen LogP contribution in [-0.4, -0.2) is 36.1 Å². The van der Waals surface area contributed by atoms with Crippen LogP contribution in [0.1, 0.15) is 79.1 Å². The second-order valence-corrected chi connectivity index (χ2v) is 15.1.